The third-order valence-electron chi connectivity index (χ3n) is 6.70. The molecule has 6 heteroatoms. The molecule has 0 aromatic heterocycles. The van der Waals surface area contributed by atoms with Crippen molar-refractivity contribution in [3.05, 3.63) is 59.2 Å². The predicted molar refractivity (Wildman–Crippen MR) is 104 cm³/mol. The highest BCUT2D eigenvalue weighted by Gasteiger charge is 2.55. The SMILES string of the molecule is C=C(C)[C@H]1CC=C2[C@@H](C1)[C@](O)(C(=O)OC)C[C@H](c1ccc(C(F)(F)F)cc1)[C@H]2C. The smallest absolute Gasteiger partial charge is 0.416 e. The van der Waals surface area contributed by atoms with Crippen molar-refractivity contribution < 1.29 is 27.8 Å². The van der Waals surface area contributed by atoms with E-state index in [1.165, 1.54) is 19.2 Å². The molecule has 3 rings (SSSR count). The molecule has 0 amide bonds. The van der Waals surface area contributed by atoms with E-state index in [1.54, 1.807) is 0 Å². The maximum atomic E-state index is 12.9. The molecular formula is C23H27F3O3. The van der Waals surface area contributed by atoms with Crippen LogP contribution in [0.4, 0.5) is 13.2 Å². The fourth-order valence-electron chi connectivity index (χ4n) is 4.93. The molecule has 1 aromatic carbocycles. The van der Waals surface area contributed by atoms with Gasteiger partial charge in [-0.25, -0.2) is 4.79 Å². The van der Waals surface area contributed by atoms with Crippen LogP contribution in [0.15, 0.2) is 48.1 Å². The summed E-state index contributed by atoms with van der Waals surface area (Å²) in [5, 5.41) is 11.4. The van der Waals surface area contributed by atoms with Crippen LogP contribution >= 0.6 is 0 Å². The van der Waals surface area contributed by atoms with Crippen molar-refractivity contribution in [2.45, 2.75) is 50.8 Å². The van der Waals surface area contributed by atoms with Gasteiger partial charge in [0.2, 0.25) is 0 Å². The van der Waals surface area contributed by atoms with E-state index in [0.717, 1.165) is 29.7 Å². The van der Waals surface area contributed by atoms with Crippen LogP contribution in [0.5, 0.6) is 0 Å². The number of fused-ring (bicyclic) bond motifs is 1. The second kappa shape index (κ2) is 7.63. The van der Waals surface area contributed by atoms with Gasteiger partial charge in [0.15, 0.2) is 5.60 Å². The molecule has 0 aliphatic heterocycles. The second-order valence-corrected chi connectivity index (χ2v) is 8.41. The Kier molecular flexibility index (Phi) is 5.69. The highest BCUT2D eigenvalue weighted by atomic mass is 19.4. The molecule has 2 aliphatic carbocycles. The number of benzene rings is 1. The summed E-state index contributed by atoms with van der Waals surface area (Å²) >= 11 is 0. The van der Waals surface area contributed by atoms with Crippen molar-refractivity contribution in [3.8, 4) is 0 Å². The van der Waals surface area contributed by atoms with Gasteiger partial charge in [-0.1, -0.05) is 42.9 Å². The summed E-state index contributed by atoms with van der Waals surface area (Å²) in [6, 6.07) is 5.00. The van der Waals surface area contributed by atoms with Gasteiger partial charge in [0, 0.05) is 5.92 Å². The lowest BCUT2D eigenvalue weighted by Crippen LogP contribution is -2.54. The Morgan fingerprint density at radius 3 is 2.41 bits per heavy atom. The van der Waals surface area contributed by atoms with Gasteiger partial charge >= 0.3 is 12.1 Å². The van der Waals surface area contributed by atoms with Crippen molar-refractivity contribution >= 4 is 5.97 Å². The molecule has 29 heavy (non-hydrogen) atoms. The molecular weight excluding hydrogens is 381 g/mol. The molecule has 1 saturated carbocycles. The van der Waals surface area contributed by atoms with Crippen molar-refractivity contribution in [1.82, 2.24) is 0 Å². The Bertz CT molecular complexity index is 825. The van der Waals surface area contributed by atoms with Crippen LogP contribution in [0.3, 0.4) is 0 Å². The van der Waals surface area contributed by atoms with E-state index in [9.17, 15) is 23.1 Å². The first-order valence-electron chi connectivity index (χ1n) is 9.82. The minimum Gasteiger partial charge on any atom is -0.467 e. The number of carbonyl (C=O) groups excluding carboxylic acids is 1. The molecule has 1 N–H and O–H groups in total. The molecule has 0 heterocycles. The number of rotatable bonds is 3. The first-order valence-corrected chi connectivity index (χ1v) is 9.82. The normalized spacial score (nSPS) is 32.2. The molecule has 1 aromatic rings. The molecule has 0 spiro atoms. The average molecular weight is 408 g/mol. The Balaban J connectivity index is 2.01. The molecule has 0 radical (unpaired) electrons. The Morgan fingerprint density at radius 1 is 1.28 bits per heavy atom. The lowest BCUT2D eigenvalue weighted by atomic mass is 9.57. The number of hydrogen-bond donors (Lipinski definition) is 1. The van der Waals surface area contributed by atoms with Crippen molar-refractivity contribution in [2.75, 3.05) is 7.11 Å². The van der Waals surface area contributed by atoms with Crippen LogP contribution in [-0.2, 0) is 15.7 Å². The summed E-state index contributed by atoms with van der Waals surface area (Å²) < 4.78 is 43.7. The number of methoxy groups -OCH3 is 1. The van der Waals surface area contributed by atoms with Gasteiger partial charge in [-0.3, -0.25) is 0 Å². The van der Waals surface area contributed by atoms with Crippen molar-refractivity contribution in [3.63, 3.8) is 0 Å². The molecule has 0 bridgehead atoms. The monoisotopic (exact) mass is 408 g/mol. The third kappa shape index (κ3) is 3.87. The molecule has 3 nitrogen and oxygen atoms in total. The van der Waals surface area contributed by atoms with E-state index in [2.05, 4.69) is 12.7 Å². The summed E-state index contributed by atoms with van der Waals surface area (Å²) in [5.41, 5.74) is 0.229. The molecule has 2 aliphatic rings. The Labute approximate surface area is 169 Å². The Hall–Kier alpha value is -2.08. The van der Waals surface area contributed by atoms with Crippen LogP contribution < -0.4 is 0 Å². The van der Waals surface area contributed by atoms with E-state index < -0.39 is 23.3 Å². The van der Waals surface area contributed by atoms with Gasteiger partial charge in [-0.2, -0.15) is 13.2 Å². The number of halogens is 3. The number of carbonyl (C=O) groups is 1. The first-order chi connectivity index (χ1) is 13.5. The van der Waals surface area contributed by atoms with E-state index >= 15 is 0 Å². The summed E-state index contributed by atoms with van der Waals surface area (Å²) in [4.78, 5) is 12.6. The molecule has 0 saturated heterocycles. The maximum absolute atomic E-state index is 12.9. The molecule has 1 fully saturated rings. The van der Waals surface area contributed by atoms with Crippen LogP contribution in [0.2, 0.25) is 0 Å². The average Bonchev–Trinajstić information content (AvgIpc) is 2.69. The molecule has 5 atom stereocenters. The number of hydrogen-bond acceptors (Lipinski definition) is 3. The van der Waals surface area contributed by atoms with E-state index in [0.29, 0.717) is 12.0 Å². The largest absolute Gasteiger partial charge is 0.467 e. The zero-order valence-corrected chi connectivity index (χ0v) is 16.9. The number of aliphatic hydroxyl groups is 1. The lowest BCUT2D eigenvalue weighted by Gasteiger charge is -2.49. The van der Waals surface area contributed by atoms with Gasteiger partial charge < -0.3 is 9.84 Å². The Morgan fingerprint density at radius 2 is 1.90 bits per heavy atom. The number of esters is 1. The quantitative estimate of drug-likeness (QED) is 0.548. The van der Waals surface area contributed by atoms with Gasteiger partial charge in [-0.15, -0.1) is 0 Å². The standard InChI is InChI=1S/C23H27F3O3/c1-13(2)16-7-10-18-14(3)19(12-22(28,20(18)11-16)21(27)29-4)15-5-8-17(9-6-15)23(24,25)26/h5-6,8-10,14,16,19-20,28H,1,7,11-12H2,2-4H3/t14-,16-,19-,20+,22-/m0/s1. The topological polar surface area (TPSA) is 46.5 Å². The first kappa shape index (κ1) is 21.6. The summed E-state index contributed by atoms with van der Waals surface area (Å²) in [6.07, 6.45) is -0.837. The van der Waals surface area contributed by atoms with Gasteiger partial charge in [0.25, 0.3) is 0 Å². The van der Waals surface area contributed by atoms with Crippen LogP contribution in [0, 0.1) is 17.8 Å². The zero-order chi connectivity index (χ0) is 21.6. The lowest BCUT2D eigenvalue weighted by molar-refractivity contribution is -0.172. The zero-order valence-electron chi connectivity index (χ0n) is 16.9. The van der Waals surface area contributed by atoms with Gasteiger partial charge in [0.05, 0.1) is 12.7 Å². The van der Waals surface area contributed by atoms with E-state index in [1.807, 2.05) is 13.8 Å². The fraction of sp³-hybridized carbons (Fsp3) is 0.522. The van der Waals surface area contributed by atoms with Crippen molar-refractivity contribution in [2.24, 2.45) is 17.8 Å². The van der Waals surface area contributed by atoms with E-state index in [-0.39, 0.29) is 30.1 Å². The maximum Gasteiger partial charge on any atom is 0.416 e. The fourth-order valence-corrected chi connectivity index (χ4v) is 4.93. The van der Waals surface area contributed by atoms with Crippen molar-refractivity contribution in [1.29, 1.82) is 0 Å². The number of alkyl halides is 3. The summed E-state index contributed by atoms with van der Waals surface area (Å²) in [5.74, 6) is -1.20. The van der Waals surface area contributed by atoms with Gasteiger partial charge in [-0.05, 0) is 61.6 Å². The summed E-state index contributed by atoms with van der Waals surface area (Å²) in [6.45, 7) is 7.98. The van der Waals surface area contributed by atoms with Crippen LogP contribution in [0.25, 0.3) is 0 Å². The highest BCUT2D eigenvalue weighted by Crippen LogP contribution is 2.54. The molecule has 158 valence electrons. The number of allylic oxidation sites excluding steroid dienone is 2. The predicted octanol–water partition coefficient (Wildman–Crippen LogP) is 5.26. The second-order valence-electron chi connectivity index (χ2n) is 8.41. The highest BCUT2D eigenvalue weighted by molar-refractivity contribution is 5.81. The van der Waals surface area contributed by atoms with Crippen LogP contribution in [0.1, 0.15) is 50.2 Å². The van der Waals surface area contributed by atoms with Crippen LogP contribution in [-0.4, -0.2) is 23.8 Å². The number of ether oxygens (including phenoxy) is 1. The minimum atomic E-state index is -4.40. The van der Waals surface area contributed by atoms with Gasteiger partial charge in [0.1, 0.15) is 0 Å². The third-order valence-corrected chi connectivity index (χ3v) is 6.70. The van der Waals surface area contributed by atoms with E-state index in [4.69, 9.17) is 4.74 Å². The summed E-state index contributed by atoms with van der Waals surface area (Å²) in [7, 11) is 1.24. The molecule has 0 unspecified atom stereocenters. The minimum absolute atomic E-state index is 0.00672.